The highest BCUT2D eigenvalue weighted by Crippen LogP contribution is 2.29. The van der Waals surface area contributed by atoms with Crippen LogP contribution in [-0.4, -0.2) is 16.1 Å². The maximum atomic E-state index is 12.4. The maximum Gasteiger partial charge on any atom is 0.247 e. The molecule has 1 aliphatic carbocycles. The predicted octanol–water partition coefficient (Wildman–Crippen LogP) is 3.86. The van der Waals surface area contributed by atoms with Crippen LogP contribution in [0.4, 0.5) is 0 Å². The Morgan fingerprint density at radius 2 is 1.88 bits per heavy atom. The third-order valence-electron chi connectivity index (χ3n) is 4.76. The average Bonchev–Trinajstić information content (AvgIpc) is 3.17. The van der Waals surface area contributed by atoms with E-state index in [-0.39, 0.29) is 11.9 Å². The number of amides is 1. The number of hydrogen-bond donors (Lipinski definition) is 1. The summed E-state index contributed by atoms with van der Waals surface area (Å²) in [5.74, 6) is 0.997. The summed E-state index contributed by atoms with van der Waals surface area (Å²) < 4.78 is 5.66. The first-order valence-electron chi connectivity index (χ1n) is 9.04. The lowest BCUT2D eigenvalue weighted by atomic mass is 9.87. The van der Waals surface area contributed by atoms with Crippen LogP contribution in [0.15, 0.2) is 59.0 Å². The van der Waals surface area contributed by atoms with Gasteiger partial charge in [0.15, 0.2) is 0 Å². The molecule has 0 bridgehead atoms. The van der Waals surface area contributed by atoms with E-state index in [4.69, 9.17) is 4.42 Å². The lowest BCUT2D eigenvalue weighted by molar-refractivity contribution is -0.122. The number of fused-ring (bicyclic) bond motifs is 1. The fourth-order valence-electron chi connectivity index (χ4n) is 3.44. The van der Waals surface area contributed by atoms with E-state index in [9.17, 15) is 4.79 Å². The SMILES string of the molecule is O=C(CCc1nnc(-c2ccccc2)o1)N[C@@H]1CCCc2ccccc21. The molecule has 0 radical (unpaired) electrons. The number of aromatic nitrogens is 2. The topological polar surface area (TPSA) is 68.0 Å². The lowest BCUT2D eigenvalue weighted by Crippen LogP contribution is -2.31. The molecule has 1 heterocycles. The van der Waals surface area contributed by atoms with Crippen molar-refractivity contribution in [3.05, 3.63) is 71.6 Å². The summed E-state index contributed by atoms with van der Waals surface area (Å²) in [7, 11) is 0. The number of nitrogens with one attached hydrogen (secondary N) is 1. The fraction of sp³-hybridized carbons (Fsp3) is 0.286. The summed E-state index contributed by atoms with van der Waals surface area (Å²) in [6.45, 7) is 0. The molecule has 1 N–H and O–H groups in total. The second-order valence-corrected chi connectivity index (χ2v) is 6.58. The van der Waals surface area contributed by atoms with E-state index in [0.29, 0.717) is 24.6 Å². The fourth-order valence-corrected chi connectivity index (χ4v) is 3.44. The van der Waals surface area contributed by atoms with Gasteiger partial charge >= 0.3 is 0 Å². The molecule has 5 nitrogen and oxygen atoms in total. The van der Waals surface area contributed by atoms with Gasteiger partial charge in [0.1, 0.15) is 0 Å². The van der Waals surface area contributed by atoms with Gasteiger partial charge in [0.25, 0.3) is 0 Å². The number of benzene rings is 2. The van der Waals surface area contributed by atoms with Crippen LogP contribution in [-0.2, 0) is 17.6 Å². The van der Waals surface area contributed by atoms with Gasteiger partial charge in [0.05, 0.1) is 6.04 Å². The second kappa shape index (κ2) is 7.52. The van der Waals surface area contributed by atoms with Gasteiger partial charge in [-0.2, -0.15) is 0 Å². The number of carbonyl (C=O) groups excluding carboxylic acids is 1. The summed E-state index contributed by atoms with van der Waals surface area (Å²) in [6, 6.07) is 18.1. The van der Waals surface area contributed by atoms with Crippen molar-refractivity contribution in [3.63, 3.8) is 0 Å². The zero-order valence-electron chi connectivity index (χ0n) is 14.5. The Hall–Kier alpha value is -2.95. The van der Waals surface area contributed by atoms with E-state index >= 15 is 0 Å². The molecule has 0 fully saturated rings. The molecule has 3 aromatic rings. The summed E-state index contributed by atoms with van der Waals surface area (Å²) in [5.41, 5.74) is 3.47. The first-order chi connectivity index (χ1) is 12.8. The molecule has 1 aromatic heterocycles. The summed E-state index contributed by atoms with van der Waals surface area (Å²) in [5, 5.41) is 11.3. The number of aryl methyl sites for hydroxylation is 2. The Morgan fingerprint density at radius 3 is 2.77 bits per heavy atom. The Bertz CT molecular complexity index is 889. The van der Waals surface area contributed by atoms with E-state index in [0.717, 1.165) is 24.8 Å². The van der Waals surface area contributed by atoms with Crippen LogP contribution in [0, 0.1) is 0 Å². The zero-order chi connectivity index (χ0) is 17.8. The van der Waals surface area contributed by atoms with E-state index in [1.807, 2.05) is 36.4 Å². The molecule has 0 saturated carbocycles. The molecule has 132 valence electrons. The van der Waals surface area contributed by atoms with Crippen molar-refractivity contribution in [3.8, 4) is 11.5 Å². The summed E-state index contributed by atoms with van der Waals surface area (Å²) in [4.78, 5) is 12.4. The molecule has 1 amide bonds. The van der Waals surface area contributed by atoms with Crippen LogP contribution in [0.25, 0.3) is 11.5 Å². The first-order valence-corrected chi connectivity index (χ1v) is 9.04. The van der Waals surface area contributed by atoms with Gasteiger partial charge in [-0.3, -0.25) is 4.79 Å². The zero-order valence-corrected chi connectivity index (χ0v) is 14.5. The minimum Gasteiger partial charge on any atom is -0.421 e. The van der Waals surface area contributed by atoms with Crippen LogP contribution < -0.4 is 5.32 Å². The highest BCUT2D eigenvalue weighted by atomic mass is 16.4. The summed E-state index contributed by atoms with van der Waals surface area (Å²) >= 11 is 0. The second-order valence-electron chi connectivity index (χ2n) is 6.58. The van der Waals surface area contributed by atoms with Gasteiger partial charge in [-0.15, -0.1) is 10.2 Å². The maximum absolute atomic E-state index is 12.4. The molecular formula is C21H21N3O2. The Morgan fingerprint density at radius 1 is 1.08 bits per heavy atom. The molecule has 0 aliphatic heterocycles. The standard InChI is InChI=1S/C21H21N3O2/c25-19(22-18-12-6-10-15-7-4-5-11-17(15)18)13-14-20-23-24-21(26-20)16-8-2-1-3-9-16/h1-5,7-9,11,18H,6,10,12-14H2,(H,22,25)/t18-/m1/s1. The van der Waals surface area contributed by atoms with Crippen molar-refractivity contribution in [2.75, 3.05) is 0 Å². The highest BCUT2D eigenvalue weighted by Gasteiger charge is 2.21. The highest BCUT2D eigenvalue weighted by molar-refractivity contribution is 5.76. The third-order valence-corrected chi connectivity index (χ3v) is 4.76. The van der Waals surface area contributed by atoms with Crippen LogP contribution in [0.5, 0.6) is 0 Å². The van der Waals surface area contributed by atoms with Crippen LogP contribution in [0.3, 0.4) is 0 Å². The van der Waals surface area contributed by atoms with Crippen LogP contribution >= 0.6 is 0 Å². The Balaban J connectivity index is 1.35. The van der Waals surface area contributed by atoms with Crippen molar-refractivity contribution in [2.45, 2.75) is 38.1 Å². The number of hydrogen-bond acceptors (Lipinski definition) is 4. The predicted molar refractivity (Wildman–Crippen MR) is 98.3 cm³/mol. The minimum atomic E-state index is 0.0196. The Kier molecular flexibility index (Phi) is 4.78. The molecule has 1 aliphatic rings. The molecule has 1 atom stereocenters. The monoisotopic (exact) mass is 347 g/mol. The van der Waals surface area contributed by atoms with Crippen LogP contribution in [0.1, 0.15) is 42.3 Å². The molecule has 0 unspecified atom stereocenters. The largest absolute Gasteiger partial charge is 0.421 e. The van der Waals surface area contributed by atoms with Gasteiger partial charge < -0.3 is 9.73 Å². The molecular weight excluding hydrogens is 326 g/mol. The van der Waals surface area contributed by atoms with Gasteiger partial charge in [0.2, 0.25) is 17.7 Å². The van der Waals surface area contributed by atoms with Crippen molar-refractivity contribution in [1.29, 1.82) is 0 Å². The minimum absolute atomic E-state index is 0.0196. The first kappa shape index (κ1) is 16.5. The normalized spacial score (nSPS) is 16.1. The number of rotatable bonds is 5. The lowest BCUT2D eigenvalue weighted by Gasteiger charge is -2.26. The smallest absolute Gasteiger partial charge is 0.247 e. The van der Waals surface area contributed by atoms with Crippen molar-refractivity contribution in [2.24, 2.45) is 0 Å². The van der Waals surface area contributed by atoms with Crippen LogP contribution in [0.2, 0.25) is 0 Å². The number of carbonyl (C=O) groups is 1. The van der Waals surface area contributed by atoms with E-state index in [2.05, 4.69) is 33.7 Å². The quantitative estimate of drug-likeness (QED) is 0.761. The van der Waals surface area contributed by atoms with Gasteiger partial charge in [0, 0.05) is 18.4 Å². The van der Waals surface area contributed by atoms with Crippen molar-refractivity contribution < 1.29 is 9.21 Å². The number of nitrogens with zero attached hydrogens (tertiary/aromatic N) is 2. The molecule has 4 rings (SSSR count). The molecule has 0 spiro atoms. The average molecular weight is 347 g/mol. The molecule has 5 heteroatoms. The molecule has 0 saturated heterocycles. The van der Waals surface area contributed by atoms with Gasteiger partial charge in [-0.05, 0) is 42.5 Å². The van der Waals surface area contributed by atoms with E-state index < -0.39 is 0 Å². The van der Waals surface area contributed by atoms with E-state index in [1.54, 1.807) is 0 Å². The third kappa shape index (κ3) is 3.67. The van der Waals surface area contributed by atoms with E-state index in [1.165, 1.54) is 11.1 Å². The van der Waals surface area contributed by atoms with Gasteiger partial charge in [-0.1, -0.05) is 42.5 Å². The molecule has 26 heavy (non-hydrogen) atoms. The Labute approximate surface area is 152 Å². The van der Waals surface area contributed by atoms with Crippen molar-refractivity contribution >= 4 is 5.91 Å². The van der Waals surface area contributed by atoms with Gasteiger partial charge in [-0.25, -0.2) is 0 Å². The van der Waals surface area contributed by atoms with Crippen molar-refractivity contribution in [1.82, 2.24) is 15.5 Å². The summed E-state index contributed by atoms with van der Waals surface area (Å²) in [6.07, 6.45) is 3.97. The molecule has 2 aromatic carbocycles.